The maximum absolute atomic E-state index is 12.3. The van der Waals surface area contributed by atoms with Crippen LogP contribution >= 0.6 is 0 Å². The lowest BCUT2D eigenvalue weighted by molar-refractivity contribution is 0.222. The van der Waals surface area contributed by atoms with Crippen molar-refractivity contribution in [2.45, 2.75) is 26.2 Å². The molecule has 1 aliphatic heterocycles. The summed E-state index contributed by atoms with van der Waals surface area (Å²) in [5.74, 6) is 1.49. The van der Waals surface area contributed by atoms with Crippen LogP contribution in [0.1, 0.15) is 24.0 Å². The van der Waals surface area contributed by atoms with E-state index >= 15 is 0 Å². The number of carbonyl (C=O) groups excluding carboxylic acids is 1. The molecule has 1 aromatic heterocycles. The normalized spacial score (nSPS) is 13.1. The van der Waals surface area contributed by atoms with Gasteiger partial charge in [0.2, 0.25) is 5.95 Å². The molecular weight excluding hydrogens is 404 g/mol. The lowest BCUT2D eigenvalue weighted by Crippen LogP contribution is -2.32. The number of urea groups is 1. The van der Waals surface area contributed by atoms with Gasteiger partial charge in [0.1, 0.15) is 11.6 Å². The van der Waals surface area contributed by atoms with E-state index in [0.29, 0.717) is 12.5 Å². The van der Waals surface area contributed by atoms with Crippen molar-refractivity contribution in [3.05, 3.63) is 65.9 Å². The van der Waals surface area contributed by atoms with E-state index in [1.807, 2.05) is 48.2 Å². The molecular formula is C24H28N6O2. The van der Waals surface area contributed by atoms with E-state index in [-0.39, 0.29) is 11.8 Å². The number of benzene rings is 2. The molecule has 32 heavy (non-hydrogen) atoms. The minimum absolute atomic E-state index is 0.0653. The minimum atomic E-state index is -0.0653. The summed E-state index contributed by atoms with van der Waals surface area (Å²) in [6.45, 7) is 4.25. The molecule has 4 N–H and O–H groups in total. The average molecular weight is 433 g/mol. The number of amides is 2. The molecule has 0 saturated carbocycles. The molecule has 0 spiro atoms. The summed E-state index contributed by atoms with van der Waals surface area (Å²) in [6, 6.07) is 14.7. The number of phenolic OH excluding ortho intramolecular Hbond substituents is 1. The Morgan fingerprint density at radius 1 is 1.09 bits per heavy atom. The van der Waals surface area contributed by atoms with E-state index in [2.05, 4.69) is 25.9 Å². The van der Waals surface area contributed by atoms with Gasteiger partial charge in [-0.1, -0.05) is 18.2 Å². The third-order valence-corrected chi connectivity index (χ3v) is 5.35. The molecule has 0 bridgehead atoms. The first-order valence-electron chi connectivity index (χ1n) is 10.9. The minimum Gasteiger partial charge on any atom is -0.508 e. The highest BCUT2D eigenvalue weighted by Gasteiger charge is 2.17. The Labute approximate surface area is 187 Å². The molecule has 0 unspecified atom stereocenters. The molecule has 3 aromatic rings. The van der Waals surface area contributed by atoms with Crippen molar-refractivity contribution in [1.82, 2.24) is 14.9 Å². The van der Waals surface area contributed by atoms with E-state index in [4.69, 9.17) is 0 Å². The number of nitrogens with one attached hydrogen (secondary N) is 3. The number of aryl methyl sites for hydroxylation is 1. The van der Waals surface area contributed by atoms with Gasteiger partial charge in [0, 0.05) is 42.8 Å². The lowest BCUT2D eigenvalue weighted by Gasteiger charge is -2.16. The molecule has 0 radical (unpaired) electrons. The van der Waals surface area contributed by atoms with Crippen LogP contribution in [0.2, 0.25) is 0 Å². The van der Waals surface area contributed by atoms with Crippen molar-refractivity contribution in [1.29, 1.82) is 0 Å². The number of phenols is 1. The molecule has 166 valence electrons. The van der Waals surface area contributed by atoms with Crippen molar-refractivity contribution in [3.8, 4) is 5.75 Å². The Morgan fingerprint density at radius 3 is 2.69 bits per heavy atom. The molecule has 8 nitrogen and oxygen atoms in total. The third kappa shape index (κ3) is 5.66. The number of aromatic hydroxyl groups is 1. The first-order chi connectivity index (χ1) is 15.6. The van der Waals surface area contributed by atoms with Gasteiger partial charge < -0.3 is 26.0 Å². The van der Waals surface area contributed by atoms with Crippen LogP contribution in [0.25, 0.3) is 0 Å². The van der Waals surface area contributed by atoms with Crippen LogP contribution in [0.4, 0.5) is 27.9 Å². The second kappa shape index (κ2) is 10.00. The maximum Gasteiger partial charge on any atom is 0.321 e. The Hall–Kier alpha value is -3.81. The van der Waals surface area contributed by atoms with Crippen molar-refractivity contribution in [2.75, 3.05) is 35.6 Å². The van der Waals surface area contributed by atoms with Gasteiger partial charge >= 0.3 is 6.03 Å². The van der Waals surface area contributed by atoms with Crippen molar-refractivity contribution >= 4 is 29.2 Å². The van der Waals surface area contributed by atoms with E-state index in [9.17, 15) is 9.90 Å². The number of nitrogens with zero attached hydrogens (tertiary/aromatic N) is 3. The molecule has 2 aromatic carbocycles. The smallest absolute Gasteiger partial charge is 0.321 e. The number of rotatable bonds is 7. The summed E-state index contributed by atoms with van der Waals surface area (Å²) in [5.41, 5.74) is 3.51. The number of carbonyl (C=O) groups is 1. The number of hydrogen-bond acceptors (Lipinski definition) is 6. The summed E-state index contributed by atoms with van der Waals surface area (Å²) < 4.78 is 0. The summed E-state index contributed by atoms with van der Waals surface area (Å²) in [5, 5.41) is 19.1. The second-order valence-electron chi connectivity index (χ2n) is 7.90. The van der Waals surface area contributed by atoms with Crippen molar-refractivity contribution < 1.29 is 9.90 Å². The zero-order chi connectivity index (χ0) is 22.3. The summed E-state index contributed by atoms with van der Waals surface area (Å²) in [7, 11) is 0. The van der Waals surface area contributed by atoms with Crippen LogP contribution in [0.5, 0.6) is 5.75 Å². The molecule has 1 aliphatic rings. The van der Waals surface area contributed by atoms with Crippen LogP contribution in [0.15, 0.2) is 54.7 Å². The van der Waals surface area contributed by atoms with E-state index in [1.54, 1.807) is 18.3 Å². The van der Waals surface area contributed by atoms with Gasteiger partial charge in [-0.2, -0.15) is 4.98 Å². The van der Waals surface area contributed by atoms with Gasteiger partial charge in [0.05, 0.1) is 0 Å². The van der Waals surface area contributed by atoms with Crippen molar-refractivity contribution in [2.24, 2.45) is 0 Å². The standard InChI is InChI=1S/C24H28N6O2/c1-17-16-26-23(29-22(17)25-11-10-18-6-4-9-21(31)14-18)27-19-7-5-8-20(15-19)28-24(32)30-12-2-3-13-30/h4-9,14-16,31H,2-3,10-13H2,1H3,(H,28,32)(H2,25,26,27,29). The summed E-state index contributed by atoms with van der Waals surface area (Å²) in [4.78, 5) is 23.1. The number of hydrogen-bond donors (Lipinski definition) is 4. The predicted octanol–water partition coefficient (Wildman–Crippen LogP) is 4.52. The van der Waals surface area contributed by atoms with Crippen LogP contribution in [0, 0.1) is 6.92 Å². The fourth-order valence-corrected chi connectivity index (χ4v) is 3.65. The zero-order valence-electron chi connectivity index (χ0n) is 18.1. The number of likely N-dealkylation sites (tertiary alicyclic amines) is 1. The summed E-state index contributed by atoms with van der Waals surface area (Å²) >= 11 is 0. The van der Waals surface area contributed by atoms with Crippen LogP contribution < -0.4 is 16.0 Å². The lowest BCUT2D eigenvalue weighted by atomic mass is 10.1. The van der Waals surface area contributed by atoms with Gasteiger partial charge in [0.15, 0.2) is 0 Å². The third-order valence-electron chi connectivity index (χ3n) is 5.35. The Morgan fingerprint density at radius 2 is 1.88 bits per heavy atom. The predicted molar refractivity (Wildman–Crippen MR) is 127 cm³/mol. The molecule has 0 aliphatic carbocycles. The highest BCUT2D eigenvalue weighted by atomic mass is 16.3. The fraction of sp³-hybridized carbons (Fsp3) is 0.292. The van der Waals surface area contributed by atoms with Crippen LogP contribution in [-0.4, -0.2) is 45.6 Å². The Kier molecular flexibility index (Phi) is 6.69. The average Bonchev–Trinajstić information content (AvgIpc) is 3.32. The maximum atomic E-state index is 12.3. The highest BCUT2D eigenvalue weighted by Crippen LogP contribution is 2.21. The Bertz CT molecular complexity index is 1080. The van der Waals surface area contributed by atoms with Crippen LogP contribution in [0.3, 0.4) is 0 Å². The molecule has 2 heterocycles. The van der Waals surface area contributed by atoms with Gasteiger partial charge in [-0.05, 0) is 62.1 Å². The van der Waals surface area contributed by atoms with Gasteiger partial charge in [0.25, 0.3) is 0 Å². The first kappa shape index (κ1) is 21.4. The molecule has 8 heteroatoms. The number of anilines is 4. The molecule has 1 saturated heterocycles. The zero-order valence-corrected chi connectivity index (χ0v) is 18.1. The Balaban J connectivity index is 1.37. The molecule has 4 rings (SSSR count). The quantitative estimate of drug-likeness (QED) is 0.438. The summed E-state index contributed by atoms with van der Waals surface area (Å²) in [6.07, 6.45) is 4.65. The van der Waals surface area contributed by atoms with E-state index in [1.165, 1.54) is 0 Å². The molecule has 0 atom stereocenters. The second-order valence-corrected chi connectivity index (χ2v) is 7.90. The SMILES string of the molecule is Cc1cnc(Nc2cccc(NC(=O)N3CCCC3)c2)nc1NCCc1cccc(O)c1. The van der Waals surface area contributed by atoms with Crippen molar-refractivity contribution in [3.63, 3.8) is 0 Å². The topological polar surface area (TPSA) is 102 Å². The highest BCUT2D eigenvalue weighted by molar-refractivity contribution is 5.90. The molecule has 2 amide bonds. The first-order valence-corrected chi connectivity index (χ1v) is 10.9. The monoisotopic (exact) mass is 432 g/mol. The van der Waals surface area contributed by atoms with Gasteiger partial charge in [-0.25, -0.2) is 9.78 Å². The van der Waals surface area contributed by atoms with Crippen LogP contribution in [-0.2, 0) is 6.42 Å². The molecule has 1 fully saturated rings. The number of aromatic nitrogens is 2. The largest absolute Gasteiger partial charge is 0.508 e. The van der Waals surface area contributed by atoms with Gasteiger partial charge in [-0.3, -0.25) is 0 Å². The van der Waals surface area contributed by atoms with Gasteiger partial charge in [-0.15, -0.1) is 0 Å². The van der Waals surface area contributed by atoms with E-state index < -0.39 is 0 Å². The fourth-order valence-electron chi connectivity index (χ4n) is 3.65. The van der Waals surface area contributed by atoms with E-state index in [0.717, 1.165) is 60.7 Å².